The molecule has 0 spiro atoms. The van der Waals surface area contributed by atoms with Gasteiger partial charge in [0.15, 0.2) is 0 Å². The minimum absolute atomic E-state index is 0.127. The summed E-state index contributed by atoms with van der Waals surface area (Å²) in [6.45, 7) is 0.819. The van der Waals surface area contributed by atoms with E-state index in [0.29, 0.717) is 10.8 Å². The molecule has 4 nitrogen and oxygen atoms in total. The van der Waals surface area contributed by atoms with Crippen LogP contribution in [0.25, 0.3) is 0 Å². The first-order valence-corrected chi connectivity index (χ1v) is 9.57. The van der Waals surface area contributed by atoms with Crippen molar-refractivity contribution in [2.75, 3.05) is 6.54 Å². The molecule has 1 aromatic carbocycles. The van der Waals surface area contributed by atoms with E-state index in [9.17, 15) is 8.42 Å². The van der Waals surface area contributed by atoms with E-state index in [-0.39, 0.29) is 12.6 Å². The zero-order chi connectivity index (χ0) is 14.9. The largest absolute Gasteiger partial charge is 0.372 e. The van der Waals surface area contributed by atoms with Crippen LogP contribution in [-0.4, -0.2) is 21.1 Å². The Labute approximate surface area is 136 Å². The second-order valence-electron chi connectivity index (χ2n) is 4.82. The molecule has 1 N–H and O–H groups in total. The van der Waals surface area contributed by atoms with E-state index < -0.39 is 10.0 Å². The topological polar surface area (TPSA) is 55.4 Å². The summed E-state index contributed by atoms with van der Waals surface area (Å²) >= 11 is 4.47. The van der Waals surface area contributed by atoms with Crippen LogP contribution in [0.3, 0.4) is 0 Å². The number of hydrogen-bond acceptors (Lipinski definition) is 4. The van der Waals surface area contributed by atoms with Crippen molar-refractivity contribution in [3.8, 4) is 0 Å². The van der Waals surface area contributed by atoms with Crippen LogP contribution in [0, 0.1) is 0 Å². The third kappa shape index (κ3) is 3.54. The van der Waals surface area contributed by atoms with Gasteiger partial charge in [-0.25, -0.2) is 13.1 Å². The molecule has 21 heavy (non-hydrogen) atoms. The molecule has 1 atom stereocenters. The highest BCUT2D eigenvalue weighted by Gasteiger charge is 2.22. The third-order valence-electron chi connectivity index (χ3n) is 3.35. The number of fused-ring (bicyclic) bond motifs is 1. The van der Waals surface area contributed by atoms with Crippen molar-refractivity contribution in [1.82, 2.24) is 4.72 Å². The first-order chi connectivity index (χ1) is 10.0. The quantitative estimate of drug-likeness (QED) is 0.877. The van der Waals surface area contributed by atoms with Gasteiger partial charge in [-0.2, -0.15) is 0 Å². The van der Waals surface area contributed by atoms with Crippen LogP contribution in [0.1, 0.15) is 11.1 Å². The molecule has 0 radical (unpaired) electrons. The average molecular weight is 388 g/mol. The number of rotatable bonds is 4. The number of nitrogens with one attached hydrogen (secondary N) is 1. The molecule has 0 amide bonds. The fourth-order valence-electron chi connectivity index (χ4n) is 2.26. The fourth-order valence-corrected chi connectivity index (χ4v) is 5.38. The van der Waals surface area contributed by atoms with Gasteiger partial charge < -0.3 is 4.74 Å². The van der Waals surface area contributed by atoms with Gasteiger partial charge in [-0.05, 0) is 39.2 Å². The van der Waals surface area contributed by atoms with Crippen molar-refractivity contribution in [3.05, 3.63) is 51.3 Å². The van der Waals surface area contributed by atoms with Gasteiger partial charge in [0.05, 0.1) is 16.5 Å². The van der Waals surface area contributed by atoms with Crippen LogP contribution in [0.15, 0.2) is 44.4 Å². The van der Waals surface area contributed by atoms with Gasteiger partial charge in [-0.15, -0.1) is 11.3 Å². The summed E-state index contributed by atoms with van der Waals surface area (Å²) in [5, 5.41) is 0. The molecule has 7 heteroatoms. The predicted octanol–water partition coefficient (Wildman–Crippen LogP) is 2.93. The maximum absolute atomic E-state index is 12.2. The molecule has 1 aliphatic rings. The molecule has 0 fully saturated rings. The molecule has 0 bridgehead atoms. The van der Waals surface area contributed by atoms with Gasteiger partial charge in [0.2, 0.25) is 10.0 Å². The second kappa shape index (κ2) is 6.18. The zero-order valence-corrected chi connectivity index (χ0v) is 14.3. The van der Waals surface area contributed by atoms with Crippen LogP contribution in [-0.2, 0) is 27.8 Å². The Balaban J connectivity index is 1.64. The van der Waals surface area contributed by atoms with Crippen LogP contribution < -0.4 is 4.72 Å². The molecule has 1 unspecified atom stereocenters. The molecule has 112 valence electrons. The molecule has 3 rings (SSSR count). The minimum atomic E-state index is -3.46. The van der Waals surface area contributed by atoms with Crippen LogP contribution in [0.2, 0.25) is 0 Å². The van der Waals surface area contributed by atoms with E-state index in [1.165, 1.54) is 22.5 Å². The van der Waals surface area contributed by atoms with Crippen molar-refractivity contribution in [2.45, 2.75) is 23.3 Å². The molecule has 0 saturated heterocycles. The Morgan fingerprint density at radius 2 is 2.00 bits per heavy atom. The minimum Gasteiger partial charge on any atom is -0.372 e. The molecular weight excluding hydrogens is 374 g/mol. The highest BCUT2D eigenvalue weighted by Crippen LogP contribution is 2.26. The van der Waals surface area contributed by atoms with Gasteiger partial charge >= 0.3 is 0 Å². The first-order valence-electron chi connectivity index (χ1n) is 6.48. The van der Waals surface area contributed by atoms with Crippen molar-refractivity contribution < 1.29 is 13.2 Å². The Morgan fingerprint density at radius 1 is 1.24 bits per heavy atom. The second-order valence-corrected chi connectivity index (χ2v) is 9.27. The lowest BCUT2D eigenvalue weighted by Gasteiger charge is -2.25. The van der Waals surface area contributed by atoms with E-state index in [4.69, 9.17) is 4.74 Å². The van der Waals surface area contributed by atoms with Gasteiger partial charge in [0.25, 0.3) is 0 Å². The van der Waals surface area contributed by atoms with E-state index >= 15 is 0 Å². The summed E-state index contributed by atoms with van der Waals surface area (Å²) in [6, 6.07) is 11.4. The van der Waals surface area contributed by atoms with Gasteiger partial charge in [-0.3, -0.25) is 0 Å². The monoisotopic (exact) mass is 387 g/mol. The SMILES string of the molecule is O=S(=O)(NCC1Cc2ccccc2CO1)c1ccc(Br)s1. The summed E-state index contributed by atoms with van der Waals surface area (Å²) in [6.07, 6.45) is 0.602. The van der Waals surface area contributed by atoms with Crippen molar-refractivity contribution in [1.29, 1.82) is 0 Å². The molecule has 2 aromatic rings. The number of thiophene rings is 1. The van der Waals surface area contributed by atoms with Crippen LogP contribution in [0.5, 0.6) is 0 Å². The summed E-state index contributed by atoms with van der Waals surface area (Å²) in [7, 11) is -3.46. The van der Waals surface area contributed by atoms with E-state index in [0.717, 1.165) is 10.2 Å². The maximum Gasteiger partial charge on any atom is 0.250 e. The lowest BCUT2D eigenvalue weighted by atomic mass is 9.99. The smallest absolute Gasteiger partial charge is 0.250 e. The zero-order valence-electron chi connectivity index (χ0n) is 11.1. The predicted molar refractivity (Wildman–Crippen MR) is 85.9 cm³/mol. The van der Waals surface area contributed by atoms with E-state index in [2.05, 4.69) is 26.7 Å². The first kappa shape index (κ1) is 15.2. The lowest BCUT2D eigenvalue weighted by Crippen LogP contribution is -2.36. The van der Waals surface area contributed by atoms with Gasteiger partial charge in [0, 0.05) is 13.0 Å². The third-order valence-corrected chi connectivity index (χ3v) is 6.89. The van der Waals surface area contributed by atoms with E-state index in [1.807, 2.05) is 18.2 Å². The van der Waals surface area contributed by atoms with Gasteiger partial charge in [-0.1, -0.05) is 24.3 Å². The Hall–Kier alpha value is -0.730. The number of halogens is 1. The molecule has 2 heterocycles. The number of benzene rings is 1. The summed E-state index contributed by atoms with van der Waals surface area (Å²) in [5.41, 5.74) is 2.41. The molecule has 1 aliphatic heterocycles. The summed E-state index contributed by atoms with van der Waals surface area (Å²) in [4.78, 5) is 0. The van der Waals surface area contributed by atoms with Crippen molar-refractivity contribution in [2.24, 2.45) is 0 Å². The molecule has 0 saturated carbocycles. The fraction of sp³-hybridized carbons (Fsp3) is 0.286. The van der Waals surface area contributed by atoms with Crippen LogP contribution >= 0.6 is 27.3 Å². The lowest BCUT2D eigenvalue weighted by molar-refractivity contribution is 0.0322. The van der Waals surface area contributed by atoms with Gasteiger partial charge in [0.1, 0.15) is 4.21 Å². The van der Waals surface area contributed by atoms with Crippen molar-refractivity contribution >= 4 is 37.3 Å². The number of sulfonamides is 1. The van der Waals surface area contributed by atoms with Crippen molar-refractivity contribution in [3.63, 3.8) is 0 Å². The molecular formula is C14H14BrNO3S2. The number of hydrogen-bond donors (Lipinski definition) is 1. The standard InChI is InChI=1S/C14H14BrNO3S2/c15-13-5-6-14(20-13)21(17,18)16-8-12-7-10-3-1-2-4-11(10)9-19-12/h1-6,12,16H,7-9H2. The summed E-state index contributed by atoms with van der Waals surface area (Å²) < 4.78 is 33.8. The average Bonchev–Trinajstić information content (AvgIpc) is 2.92. The Morgan fingerprint density at radius 3 is 2.71 bits per heavy atom. The highest BCUT2D eigenvalue weighted by molar-refractivity contribution is 9.11. The Bertz CT molecular complexity index is 742. The normalized spacial score (nSPS) is 18.4. The summed E-state index contributed by atoms with van der Waals surface area (Å²) in [5.74, 6) is 0. The maximum atomic E-state index is 12.2. The van der Waals surface area contributed by atoms with E-state index in [1.54, 1.807) is 12.1 Å². The highest BCUT2D eigenvalue weighted by atomic mass is 79.9. The van der Waals surface area contributed by atoms with Crippen LogP contribution in [0.4, 0.5) is 0 Å². The Kier molecular flexibility index (Phi) is 4.46. The molecule has 0 aliphatic carbocycles. The number of ether oxygens (including phenoxy) is 1. The molecule has 1 aromatic heterocycles.